The highest BCUT2D eigenvalue weighted by Gasteiger charge is 2.26. The molecule has 17 heavy (non-hydrogen) atoms. The van der Waals surface area contributed by atoms with E-state index in [9.17, 15) is 0 Å². The maximum atomic E-state index is 6.59. The van der Waals surface area contributed by atoms with Crippen molar-refractivity contribution in [3.05, 3.63) is 34.9 Å². The number of hydrogen-bond donors (Lipinski definition) is 1. The molecule has 0 atom stereocenters. The Labute approximate surface area is 105 Å². The third-order valence-electron chi connectivity index (χ3n) is 3.94. The molecular weight excluding hydrogens is 206 g/mol. The largest absolute Gasteiger partial charge is 0.325 e. The molecule has 1 saturated carbocycles. The van der Waals surface area contributed by atoms with Crippen LogP contribution in [-0.4, -0.2) is 5.54 Å². The number of benzene rings is 1. The summed E-state index contributed by atoms with van der Waals surface area (Å²) in [6, 6.07) is 6.83. The Morgan fingerprint density at radius 2 is 1.47 bits per heavy atom. The van der Waals surface area contributed by atoms with Crippen molar-refractivity contribution in [3.63, 3.8) is 0 Å². The van der Waals surface area contributed by atoms with Gasteiger partial charge in [-0.2, -0.15) is 0 Å². The van der Waals surface area contributed by atoms with Crippen LogP contribution in [0.1, 0.15) is 55.2 Å². The third-order valence-corrected chi connectivity index (χ3v) is 3.94. The van der Waals surface area contributed by atoms with Crippen molar-refractivity contribution in [2.45, 2.75) is 64.3 Å². The fourth-order valence-corrected chi connectivity index (χ4v) is 3.19. The lowest BCUT2D eigenvalue weighted by Gasteiger charge is -2.28. The van der Waals surface area contributed by atoms with E-state index in [1.807, 2.05) is 0 Å². The van der Waals surface area contributed by atoms with Gasteiger partial charge in [0.1, 0.15) is 0 Å². The van der Waals surface area contributed by atoms with Gasteiger partial charge in [-0.3, -0.25) is 0 Å². The molecule has 0 radical (unpaired) electrons. The second kappa shape index (κ2) is 5.22. The van der Waals surface area contributed by atoms with Crippen LogP contribution in [0.15, 0.2) is 18.2 Å². The van der Waals surface area contributed by atoms with Gasteiger partial charge in [0.05, 0.1) is 0 Å². The van der Waals surface area contributed by atoms with Crippen LogP contribution in [0.4, 0.5) is 0 Å². The van der Waals surface area contributed by atoms with Gasteiger partial charge >= 0.3 is 0 Å². The quantitative estimate of drug-likeness (QED) is 0.768. The zero-order valence-electron chi connectivity index (χ0n) is 11.3. The highest BCUT2D eigenvalue weighted by atomic mass is 14.7. The number of hydrogen-bond acceptors (Lipinski definition) is 1. The standard InChI is InChI=1S/C16H25N/c1-13-9-14(2)11-15(10-13)12-16(17)7-5-3-4-6-8-16/h9-11H,3-8,12,17H2,1-2H3. The van der Waals surface area contributed by atoms with Crippen LogP contribution in [0.25, 0.3) is 0 Å². The van der Waals surface area contributed by atoms with Crippen LogP contribution in [0.5, 0.6) is 0 Å². The first kappa shape index (κ1) is 12.6. The average Bonchev–Trinajstić information content (AvgIpc) is 2.41. The Balaban J connectivity index is 2.12. The van der Waals surface area contributed by atoms with E-state index in [2.05, 4.69) is 32.0 Å². The SMILES string of the molecule is Cc1cc(C)cc(CC2(N)CCCCCC2)c1. The molecular formula is C16H25N. The molecule has 0 unspecified atom stereocenters. The van der Waals surface area contributed by atoms with Crippen molar-refractivity contribution in [1.82, 2.24) is 0 Å². The highest BCUT2D eigenvalue weighted by molar-refractivity contribution is 5.29. The third kappa shape index (κ3) is 3.57. The van der Waals surface area contributed by atoms with E-state index in [1.54, 1.807) is 0 Å². The molecule has 0 amide bonds. The van der Waals surface area contributed by atoms with Gasteiger partial charge in [-0.05, 0) is 38.7 Å². The Morgan fingerprint density at radius 3 is 2.00 bits per heavy atom. The van der Waals surface area contributed by atoms with Crippen molar-refractivity contribution < 1.29 is 0 Å². The van der Waals surface area contributed by atoms with E-state index in [1.165, 1.54) is 55.2 Å². The fraction of sp³-hybridized carbons (Fsp3) is 0.625. The summed E-state index contributed by atoms with van der Waals surface area (Å²) >= 11 is 0. The summed E-state index contributed by atoms with van der Waals surface area (Å²) in [7, 11) is 0. The fourth-order valence-electron chi connectivity index (χ4n) is 3.19. The first-order valence-corrected chi connectivity index (χ1v) is 6.93. The number of rotatable bonds is 2. The number of nitrogens with two attached hydrogens (primary N) is 1. The second-order valence-electron chi connectivity index (χ2n) is 5.95. The maximum absolute atomic E-state index is 6.59. The van der Waals surface area contributed by atoms with Crippen molar-refractivity contribution in [2.75, 3.05) is 0 Å². The summed E-state index contributed by atoms with van der Waals surface area (Å²) in [4.78, 5) is 0. The molecule has 1 aliphatic carbocycles. The van der Waals surface area contributed by atoms with Crippen LogP contribution < -0.4 is 5.73 Å². The van der Waals surface area contributed by atoms with E-state index < -0.39 is 0 Å². The molecule has 94 valence electrons. The molecule has 1 aromatic carbocycles. The Morgan fingerprint density at radius 1 is 0.941 bits per heavy atom. The summed E-state index contributed by atoms with van der Waals surface area (Å²) in [5, 5.41) is 0. The lowest BCUT2D eigenvalue weighted by atomic mass is 9.84. The van der Waals surface area contributed by atoms with Crippen LogP contribution in [0, 0.1) is 13.8 Å². The molecule has 1 nitrogen and oxygen atoms in total. The molecule has 1 aromatic rings. The molecule has 2 rings (SSSR count). The van der Waals surface area contributed by atoms with Crippen molar-refractivity contribution in [2.24, 2.45) is 5.73 Å². The normalized spacial score (nSPS) is 19.9. The zero-order chi connectivity index (χ0) is 12.3. The van der Waals surface area contributed by atoms with Gasteiger partial charge in [-0.15, -0.1) is 0 Å². The molecule has 0 spiro atoms. The molecule has 0 bridgehead atoms. The molecule has 0 aliphatic heterocycles. The molecule has 1 heteroatoms. The highest BCUT2D eigenvalue weighted by Crippen LogP contribution is 2.28. The Bertz CT molecular complexity index is 353. The van der Waals surface area contributed by atoms with Crippen LogP contribution in [0.3, 0.4) is 0 Å². The minimum Gasteiger partial charge on any atom is -0.325 e. The van der Waals surface area contributed by atoms with Gasteiger partial charge in [-0.25, -0.2) is 0 Å². The second-order valence-corrected chi connectivity index (χ2v) is 5.95. The van der Waals surface area contributed by atoms with Gasteiger partial charge in [0.15, 0.2) is 0 Å². The van der Waals surface area contributed by atoms with Crippen LogP contribution in [0.2, 0.25) is 0 Å². The smallest absolute Gasteiger partial charge is 0.0195 e. The monoisotopic (exact) mass is 231 g/mol. The summed E-state index contributed by atoms with van der Waals surface area (Å²) in [5.74, 6) is 0. The molecule has 2 N–H and O–H groups in total. The minimum absolute atomic E-state index is 0.0523. The van der Waals surface area contributed by atoms with Gasteiger partial charge in [0.2, 0.25) is 0 Å². The molecule has 0 heterocycles. The van der Waals surface area contributed by atoms with Gasteiger partial charge in [0, 0.05) is 5.54 Å². The summed E-state index contributed by atoms with van der Waals surface area (Å²) < 4.78 is 0. The average molecular weight is 231 g/mol. The van der Waals surface area contributed by atoms with Crippen LogP contribution in [-0.2, 0) is 6.42 Å². The van der Waals surface area contributed by atoms with E-state index >= 15 is 0 Å². The van der Waals surface area contributed by atoms with E-state index in [-0.39, 0.29) is 5.54 Å². The predicted molar refractivity (Wildman–Crippen MR) is 74.2 cm³/mol. The molecule has 1 aliphatic rings. The van der Waals surface area contributed by atoms with Crippen molar-refractivity contribution in [3.8, 4) is 0 Å². The van der Waals surface area contributed by atoms with Gasteiger partial charge in [-0.1, -0.05) is 55.0 Å². The van der Waals surface area contributed by atoms with E-state index in [4.69, 9.17) is 5.73 Å². The first-order chi connectivity index (χ1) is 8.07. The van der Waals surface area contributed by atoms with Crippen molar-refractivity contribution in [1.29, 1.82) is 0 Å². The number of aryl methyl sites for hydroxylation is 2. The van der Waals surface area contributed by atoms with E-state index in [0.29, 0.717) is 0 Å². The summed E-state index contributed by atoms with van der Waals surface area (Å²) in [5.41, 5.74) is 10.8. The van der Waals surface area contributed by atoms with Crippen LogP contribution >= 0.6 is 0 Å². The minimum atomic E-state index is 0.0523. The predicted octanol–water partition coefficient (Wildman–Crippen LogP) is 3.90. The van der Waals surface area contributed by atoms with Crippen molar-refractivity contribution >= 4 is 0 Å². The molecule has 1 fully saturated rings. The maximum Gasteiger partial charge on any atom is 0.0195 e. The van der Waals surface area contributed by atoms with E-state index in [0.717, 1.165) is 6.42 Å². The molecule has 0 saturated heterocycles. The Hall–Kier alpha value is -0.820. The Kier molecular flexibility index (Phi) is 3.88. The zero-order valence-corrected chi connectivity index (χ0v) is 11.3. The lowest BCUT2D eigenvalue weighted by molar-refractivity contribution is 0.369. The lowest BCUT2D eigenvalue weighted by Crippen LogP contribution is -2.41. The first-order valence-electron chi connectivity index (χ1n) is 6.93. The molecule has 0 aromatic heterocycles. The summed E-state index contributed by atoms with van der Waals surface area (Å²) in [6.45, 7) is 4.35. The van der Waals surface area contributed by atoms with Gasteiger partial charge in [0.25, 0.3) is 0 Å². The topological polar surface area (TPSA) is 26.0 Å². The summed E-state index contributed by atoms with van der Waals surface area (Å²) in [6.07, 6.45) is 8.79. The van der Waals surface area contributed by atoms with Gasteiger partial charge < -0.3 is 5.73 Å².